The quantitative estimate of drug-likeness (QED) is 0.376. The summed E-state index contributed by atoms with van der Waals surface area (Å²) < 4.78 is 6.23. The van der Waals surface area contributed by atoms with E-state index >= 15 is 0 Å². The molecule has 2 aromatic carbocycles. The molecule has 23 heavy (non-hydrogen) atoms. The maximum Gasteiger partial charge on any atom is 0.372 e. The van der Waals surface area contributed by atoms with E-state index in [4.69, 9.17) is 15.3 Å². The van der Waals surface area contributed by atoms with Gasteiger partial charge in [-0.15, -0.1) is 0 Å². The Hall–Kier alpha value is -2.34. The fourth-order valence-corrected chi connectivity index (χ4v) is 2.17. The highest BCUT2D eigenvalue weighted by Crippen LogP contribution is 2.16. The van der Waals surface area contributed by atoms with Crippen LogP contribution < -0.4 is 10.5 Å². The minimum absolute atomic E-state index is 0.117. The number of halogens is 1. The third kappa shape index (κ3) is 5.10. The molecule has 5 nitrogen and oxygen atoms in total. The number of benzene rings is 2. The monoisotopic (exact) mass is 376 g/mol. The highest BCUT2D eigenvalue weighted by atomic mass is 79.9. The van der Waals surface area contributed by atoms with E-state index in [1.807, 2.05) is 38.1 Å². The van der Waals surface area contributed by atoms with Crippen molar-refractivity contribution in [1.82, 2.24) is 0 Å². The maximum absolute atomic E-state index is 11.7. The average Bonchev–Trinajstić information content (AvgIpc) is 2.53. The van der Waals surface area contributed by atoms with Crippen molar-refractivity contribution in [1.29, 1.82) is 0 Å². The molecule has 2 N–H and O–H groups in total. The van der Waals surface area contributed by atoms with Crippen LogP contribution in [0.4, 0.5) is 0 Å². The van der Waals surface area contributed by atoms with Crippen molar-refractivity contribution in [3.63, 3.8) is 0 Å². The van der Waals surface area contributed by atoms with Crippen molar-refractivity contribution in [3.05, 3.63) is 63.6 Å². The number of aryl methyl sites for hydroxylation is 2. The van der Waals surface area contributed by atoms with Gasteiger partial charge in [0.15, 0.2) is 12.4 Å². The summed E-state index contributed by atoms with van der Waals surface area (Å²) in [7, 11) is 0. The van der Waals surface area contributed by atoms with Gasteiger partial charge in [-0.2, -0.15) is 0 Å². The van der Waals surface area contributed by atoms with E-state index in [0.717, 1.165) is 15.6 Å². The Kier molecular flexibility index (Phi) is 5.76. The third-order valence-electron chi connectivity index (χ3n) is 3.20. The number of carbonyl (C=O) groups is 1. The summed E-state index contributed by atoms with van der Waals surface area (Å²) in [5.74, 6) is 0.0981. The molecular weight excluding hydrogens is 360 g/mol. The molecule has 0 fully saturated rings. The second-order valence-corrected chi connectivity index (χ2v) is 5.90. The largest absolute Gasteiger partial charge is 0.482 e. The second-order valence-electron chi connectivity index (χ2n) is 4.98. The van der Waals surface area contributed by atoms with Gasteiger partial charge in [0.25, 0.3) is 0 Å². The van der Waals surface area contributed by atoms with Crippen LogP contribution in [-0.4, -0.2) is 18.4 Å². The number of nitrogens with two attached hydrogens (primary N) is 1. The van der Waals surface area contributed by atoms with Crippen LogP contribution in [0.5, 0.6) is 5.75 Å². The molecule has 0 aliphatic carbocycles. The molecular formula is C17H17BrN2O3. The van der Waals surface area contributed by atoms with Crippen LogP contribution in [0.15, 0.2) is 52.1 Å². The van der Waals surface area contributed by atoms with Gasteiger partial charge in [0, 0.05) is 10.0 Å². The molecule has 0 heterocycles. The van der Waals surface area contributed by atoms with E-state index in [0.29, 0.717) is 11.3 Å². The van der Waals surface area contributed by atoms with Gasteiger partial charge in [-0.25, -0.2) is 4.79 Å². The Bertz CT molecular complexity index is 744. The number of carbonyl (C=O) groups excluding carboxylic acids is 1. The molecule has 2 aromatic rings. The van der Waals surface area contributed by atoms with Crippen LogP contribution >= 0.6 is 15.9 Å². The van der Waals surface area contributed by atoms with Gasteiger partial charge >= 0.3 is 5.97 Å². The van der Waals surface area contributed by atoms with Gasteiger partial charge in [0.2, 0.25) is 0 Å². The van der Waals surface area contributed by atoms with E-state index in [9.17, 15) is 4.79 Å². The predicted octanol–water partition coefficient (Wildman–Crippen LogP) is 3.31. The van der Waals surface area contributed by atoms with Gasteiger partial charge in [-0.3, -0.25) is 0 Å². The molecule has 0 aromatic heterocycles. The van der Waals surface area contributed by atoms with Crippen molar-refractivity contribution in [2.45, 2.75) is 13.8 Å². The van der Waals surface area contributed by atoms with Crippen LogP contribution in [0.3, 0.4) is 0 Å². The Morgan fingerprint density at radius 2 is 1.96 bits per heavy atom. The Morgan fingerprint density at radius 1 is 1.17 bits per heavy atom. The predicted molar refractivity (Wildman–Crippen MR) is 92.4 cm³/mol. The lowest BCUT2D eigenvalue weighted by Gasteiger charge is -2.07. The number of rotatable bonds is 5. The van der Waals surface area contributed by atoms with E-state index in [1.165, 1.54) is 0 Å². The first-order valence-corrected chi connectivity index (χ1v) is 7.74. The van der Waals surface area contributed by atoms with Gasteiger partial charge < -0.3 is 15.3 Å². The van der Waals surface area contributed by atoms with Crippen LogP contribution in [0.25, 0.3) is 0 Å². The summed E-state index contributed by atoms with van der Waals surface area (Å²) in [6.45, 7) is 3.74. The standard InChI is InChI=1S/C17H17BrN2O3/c1-11-6-7-15(8-12(11)2)22-10-16(21)23-20-17(19)13-4-3-5-14(18)9-13/h3-9H,10H2,1-2H3,(H2,19,20). The van der Waals surface area contributed by atoms with E-state index in [-0.39, 0.29) is 12.4 Å². The molecule has 0 unspecified atom stereocenters. The zero-order valence-corrected chi connectivity index (χ0v) is 14.5. The topological polar surface area (TPSA) is 73.9 Å². The highest BCUT2D eigenvalue weighted by Gasteiger charge is 2.07. The number of hydrogen-bond acceptors (Lipinski definition) is 4. The molecule has 0 aliphatic heterocycles. The van der Waals surface area contributed by atoms with Crippen molar-refractivity contribution in [3.8, 4) is 5.75 Å². The molecule has 0 atom stereocenters. The number of nitrogens with zero attached hydrogens (tertiary/aromatic N) is 1. The third-order valence-corrected chi connectivity index (χ3v) is 3.69. The summed E-state index contributed by atoms with van der Waals surface area (Å²) in [6.07, 6.45) is 0. The Balaban J connectivity index is 1.89. The zero-order valence-electron chi connectivity index (χ0n) is 12.9. The first-order valence-electron chi connectivity index (χ1n) is 6.95. The van der Waals surface area contributed by atoms with E-state index < -0.39 is 5.97 Å². The molecule has 0 saturated heterocycles. The normalized spacial score (nSPS) is 11.2. The van der Waals surface area contributed by atoms with Crippen molar-refractivity contribution in [2.75, 3.05) is 6.61 Å². The highest BCUT2D eigenvalue weighted by molar-refractivity contribution is 9.10. The summed E-state index contributed by atoms with van der Waals surface area (Å²) in [4.78, 5) is 16.4. The molecule has 6 heteroatoms. The average molecular weight is 377 g/mol. The SMILES string of the molecule is Cc1ccc(OCC(=O)ON=C(N)c2cccc(Br)c2)cc1C. The Labute approximate surface area is 143 Å². The molecule has 120 valence electrons. The number of ether oxygens (including phenoxy) is 1. The molecule has 0 spiro atoms. The summed E-state index contributed by atoms with van der Waals surface area (Å²) in [5, 5.41) is 3.62. The number of oxime groups is 1. The molecule has 0 saturated carbocycles. The molecule has 0 aliphatic rings. The summed E-state index contributed by atoms with van der Waals surface area (Å²) in [6, 6.07) is 12.8. The first-order chi connectivity index (χ1) is 11.0. The van der Waals surface area contributed by atoms with Crippen LogP contribution in [0.2, 0.25) is 0 Å². The van der Waals surface area contributed by atoms with Gasteiger partial charge in [-0.1, -0.05) is 39.3 Å². The first kappa shape index (κ1) is 17.0. The smallest absolute Gasteiger partial charge is 0.372 e. The number of hydrogen-bond donors (Lipinski definition) is 1. The van der Waals surface area contributed by atoms with Gasteiger partial charge in [0.05, 0.1) is 0 Å². The fourth-order valence-electron chi connectivity index (χ4n) is 1.77. The second kappa shape index (κ2) is 7.78. The van der Waals surface area contributed by atoms with Gasteiger partial charge in [0.1, 0.15) is 5.75 Å². The van der Waals surface area contributed by atoms with Gasteiger partial charge in [-0.05, 0) is 49.2 Å². The fraction of sp³-hybridized carbons (Fsp3) is 0.176. The molecule has 0 bridgehead atoms. The minimum Gasteiger partial charge on any atom is -0.482 e. The van der Waals surface area contributed by atoms with Crippen LogP contribution in [0, 0.1) is 13.8 Å². The zero-order chi connectivity index (χ0) is 16.8. The minimum atomic E-state index is -0.624. The van der Waals surface area contributed by atoms with Crippen molar-refractivity contribution < 1.29 is 14.4 Å². The Morgan fingerprint density at radius 3 is 2.65 bits per heavy atom. The van der Waals surface area contributed by atoms with E-state index in [1.54, 1.807) is 18.2 Å². The lowest BCUT2D eigenvalue weighted by molar-refractivity contribution is -0.146. The van der Waals surface area contributed by atoms with E-state index in [2.05, 4.69) is 21.1 Å². The van der Waals surface area contributed by atoms with Crippen LogP contribution in [-0.2, 0) is 9.63 Å². The maximum atomic E-state index is 11.7. The lowest BCUT2D eigenvalue weighted by Crippen LogP contribution is -2.18. The van der Waals surface area contributed by atoms with Crippen molar-refractivity contribution >= 4 is 27.7 Å². The number of amidine groups is 1. The lowest BCUT2D eigenvalue weighted by atomic mass is 10.1. The molecule has 0 amide bonds. The van der Waals surface area contributed by atoms with Crippen LogP contribution in [0.1, 0.15) is 16.7 Å². The van der Waals surface area contributed by atoms with Crippen molar-refractivity contribution in [2.24, 2.45) is 10.9 Å². The molecule has 0 radical (unpaired) electrons. The summed E-state index contributed by atoms with van der Waals surface area (Å²) >= 11 is 3.33. The molecule has 2 rings (SSSR count). The summed E-state index contributed by atoms with van der Waals surface area (Å²) in [5.41, 5.74) is 8.67.